The van der Waals surface area contributed by atoms with E-state index in [1.165, 1.54) is 6.20 Å². The van der Waals surface area contributed by atoms with Crippen LogP contribution in [0.4, 0.5) is 16.2 Å². The molecule has 1 aromatic heterocycles. The molecule has 4 rings (SSSR count). The quantitative estimate of drug-likeness (QED) is 0.563. The highest BCUT2D eigenvalue weighted by Crippen LogP contribution is 2.32. The fourth-order valence-electron chi connectivity index (χ4n) is 2.94. The molecule has 2 heterocycles. The zero-order chi connectivity index (χ0) is 21.6. The first-order valence-electron chi connectivity index (χ1n) is 9.52. The highest BCUT2D eigenvalue weighted by Gasteiger charge is 2.13. The lowest BCUT2D eigenvalue weighted by Gasteiger charge is -2.19. The second-order valence-corrected chi connectivity index (χ2v) is 6.67. The minimum Gasteiger partial charge on any atom is -0.489 e. The molecular formula is C22H20N4O5. The van der Waals surface area contributed by atoms with Crippen molar-refractivity contribution in [2.75, 3.05) is 23.8 Å². The van der Waals surface area contributed by atoms with Crippen LogP contribution in [0.15, 0.2) is 60.8 Å². The molecule has 0 saturated carbocycles. The van der Waals surface area contributed by atoms with Gasteiger partial charge < -0.3 is 30.6 Å². The Labute approximate surface area is 178 Å². The molecule has 0 fully saturated rings. The van der Waals surface area contributed by atoms with E-state index in [4.69, 9.17) is 19.9 Å². The van der Waals surface area contributed by atoms with Gasteiger partial charge in [-0.25, -0.2) is 4.79 Å². The number of pyridine rings is 1. The standard InChI is InChI=1S/C22H20N4O5/c23-21(27)18-10-14(6-7-24-18)13-31-17-3-1-2-15(11-17)25-22(28)26-16-4-5-19-20(12-16)30-9-8-29-19/h1-7,10-12H,8-9,13H2,(H2,23,27)(H2,25,26,28). The Morgan fingerprint density at radius 3 is 2.55 bits per heavy atom. The Hall–Kier alpha value is -4.27. The molecule has 0 aliphatic carbocycles. The Kier molecular flexibility index (Phi) is 5.84. The van der Waals surface area contributed by atoms with Gasteiger partial charge in [0.2, 0.25) is 0 Å². The van der Waals surface area contributed by atoms with Crippen molar-refractivity contribution < 1.29 is 23.8 Å². The Balaban J connectivity index is 1.35. The fraction of sp³-hybridized carbons (Fsp3) is 0.136. The third-order valence-electron chi connectivity index (χ3n) is 4.37. The van der Waals surface area contributed by atoms with E-state index in [1.54, 1.807) is 54.6 Å². The normalized spacial score (nSPS) is 12.0. The lowest BCUT2D eigenvalue weighted by Crippen LogP contribution is -2.20. The summed E-state index contributed by atoms with van der Waals surface area (Å²) in [5, 5.41) is 5.52. The molecular weight excluding hydrogens is 400 g/mol. The number of nitrogens with one attached hydrogen (secondary N) is 2. The molecule has 0 unspecified atom stereocenters. The van der Waals surface area contributed by atoms with Gasteiger partial charge in [0.15, 0.2) is 11.5 Å². The molecule has 2 aromatic carbocycles. The third-order valence-corrected chi connectivity index (χ3v) is 4.37. The van der Waals surface area contributed by atoms with E-state index in [0.29, 0.717) is 41.8 Å². The number of benzene rings is 2. The van der Waals surface area contributed by atoms with Crippen LogP contribution in [0.3, 0.4) is 0 Å². The predicted octanol–water partition coefficient (Wildman–Crippen LogP) is 3.17. The number of amides is 3. The monoisotopic (exact) mass is 420 g/mol. The number of primary amides is 1. The second-order valence-electron chi connectivity index (χ2n) is 6.67. The minimum atomic E-state index is -0.600. The van der Waals surface area contributed by atoms with Gasteiger partial charge in [-0.3, -0.25) is 9.78 Å². The van der Waals surface area contributed by atoms with Crippen molar-refractivity contribution in [1.82, 2.24) is 4.98 Å². The highest BCUT2D eigenvalue weighted by atomic mass is 16.6. The number of carbonyl (C=O) groups is 2. The van der Waals surface area contributed by atoms with Crippen LogP contribution in [0.1, 0.15) is 16.1 Å². The van der Waals surface area contributed by atoms with Crippen LogP contribution < -0.4 is 30.6 Å². The largest absolute Gasteiger partial charge is 0.489 e. The van der Waals surface area contributed by atoms with E-state index in [2.05, 4.69) is 15.6 Å². The zero-order valence-electron chi connectivity index (χ0n) is 16.5. The van der Waals surface area contributed by atoms with Gasteiger partial charge in [-0.2, -0.15) is 0 Å². The number of ether oxygens (including phenoxy) is 3. The van der Waals surface area contributed by atoms with E-state index in [9.17, 15) is 9.59 Å². The number of fused-ring (bicyclic) bond motifs is 1. The molecule has 9 heteroatoms. The third kappa shape index (κ3) is 5.21. The first kappa shape index (κ1) is 20.0. The molecule has 3 aromatic rings. The summed E-state index contributed by atoms with van der Waals surface area (Å²) in [6, 6.07) is 15.1. The van der Waals surface area contributed by atoms with Gasteiger partial charge in [0.1, 0.15) is 31.3 Å². The van der Waals surface area contributed by atoms with Gasteiger partial charge in [0, 0.05) is 29.7 Å². The second kappa shape index (κ2) is 9.04. The maximum absolute atomic E-state index is 12.4. The number of aromatic nitrogens is 1. The summed E-state index contributed by atoms with van der Waals surface area (Å²) in [5.74, 6) is 1.20. The van der Waals surface area contributed by atoms with Crippen LogP contribution in [0.5, 0.6) is 17.2 Å². The topological polar surface area (TPSA) is 125 Å². The maximum atomic E-state index is 12.4. The van der Waals surface area contributed by atoms with E-state index in [-0.39, 0.29) is 12.3 Å². The van der Waals surface area contributed by atoms with E-state index in [1.807, 2.05) is 0 Å². The summed E-state index contributed by atoms with van der Waals surface area (Å²) in [7, 11) is 0. The van der Waals surface area contributed by atoms with E-state index < -0.39 is 11.9 Å². The first-order valence-corrected chi connectivity index (χ1v) is 9.52. The predicted molar refractivity (Wildman–Crippen MR) is 114 cm³/mol. The van der Waals surface area contributed by atoms with E-state index in [0.717, 1.165) is 5.56 Å². The number of rotatable bonds is 6. The van der Waals surface area contributed by atoms with Crippen molar-refractivity contribution in [2.45, 2.75) is 6.61 Å². The zero-order valence-corrected chi connectivity index (χ0v) is 16.5. The van der Waals surface area contributed by atoms with Crippen LogP contribution in [0.25, 0.3) is 0 Å². The number of nitrogens with zero attached hydrogens (tertiary/aromatic N) is 1. The van der Waals surface area contributed by atoms with E-state index >= 15 is 0 Å². The van der Waals surface area contributed by atoms with Gasteiger partial charge in [-0.05, 0) is 42.0 Å². The molecule has 0 bridgehead atoms. The summed E-state index contributed by atoms with van der Waals surface area (Å²) in [5.41, 5.74) is 7.30. The average Bonchev–Trinajstić information content (AvgIpc) is 2.78. The smallest absolute Gasteiger partial charge is 0.323 e. The molecule has 0 saturated heterocycles. The van der Waals surface area contributed by atoms with Crippen molar-refractivity contribution in [3.05, 3.63) is 72.1 Å². The van der Waals surface area contributed by atoms with Crippen LogP contribution in [0, 0.1) is 0 Å². The van der Waals surface area contributed by atoms with Crippen molar-refractivity contribution in [1.29, 1.82) is 0 Å². The van der Waals surface area contributed by atoms with Gasteiger partial charge in [0.25, 0.3) is 5.91 Å². The van der Waals surface area contributed by atoms with Crippen LogP contribution >= 0.6 is 0 Å². The average molecular weight is 420 g/mol. The minimum absolute atomic E-state index is 0.173. The number of hydrogen-bond donors (Lipinski definition) is 3. The summed E-state index contributed by atoms with van der Waals surface area (Å²) < 4.78 is 16.7. The van der Waals surface area contributed by atoms with Crippen LogP contribution in [-0.4, -0.2) is 30.1 Å². The Bertz CT molecular complexity index is 1120. The lowest BCUT2D eigenvalue weighted by atomic mass is 10.2. The highest BCUT2D eigenvalue weighted by molar-refractivity contribution is 6.00. The number of urea groups is 1. The number of hydrogen-bond acceptors (Lipinski definition) is 6. The van der Waals surface area contributed by atoms with Crippen LogP contribution in [-0.2, 0) is 6.61 Å². The van der Waals surface area contributed by atoms with Gasteiger partial charge in [0.05, 0.1) is 0 Å². The molecule has 0 radical (unpaired) electrons. The van der Waals surface area contributed by atoms with Gasteiger partial charge in [-0.1, -0.05) is 6.07 Å². The van der Waals surface area contributed by atoms with Crippen molar-refractivity contribution in [3.8, 4) is 17.2 Å². The first-order chi connectivity index (χ1) is 15.1. The van der Waals surface area contributed by atoms with Crippen molar-refractivity contribution in [2.24, 2.45) is 5.73 Å². The number of carbonyl (C=O) groups excluding carboxylic acids is 2. The summed E-state index contributed by atoms with van der Waals surface area (Å²) >= 11 is 0. The molecule has 4 N–H and O–H groups in total. The molecule has 158 valence electrons. The van der Waals surface area contributed by atoms with Gasteiger partial charge >= 0.3 is 6.03 Å². The fourth-order valence-corrected chi connectivity index (χ4v) is 2.94. The summed E-state index contributed by atoms with van der Waals surface area (Å²) in [4.78, 5) is 27.5. The Morgan fingerprint density at radius 1 is 0.968 bits per heavy atom. The number of nitrogens with two attached hydrogens (primary N) is 1. The van der Waals surface area contributed by atoms with Crippen LogP contribution in [0.2, 0.25) is 0 Å². The van der Waals surface area contributed by atoms with Crippen molar-refractivity contribution >= 4 is 23.3 Å². The SMILES string of the molecule is NC(=O)c1cc(COc2cccc(NC(=O)Nc3ccc4c(c3)OCCO4)c2)ccn1. The van der Waals surface area contributed by atoms with Gasteiger partial charge in [-0.15, -0.1) is 0 Å². The van der Waals surface area contributed by atoms with Crippen molar-refractivity contribution in [3.63, 3.8) is 0 Å². The molecule has 9 nitrogen and oxygen atoms in total. The molecule has 31 heavy (non-hydrogen) atoms. The summed E-state index contributed by atoms with van der Waals surface area (Å²) in [6.45, 7) is 1.20. The summed E-state index contributed by atoms with van der Waals surface area (Å²) in [6.07, 6.45) is 1.50. The molecule has 1 aliphatic rings. The molecule has 3 amide bonds. The molecule has 0 atom stereocenters. The molecule has 1 aliphatic heterocycles. The maximum Gasteiger partial charge on any atom is 0.323 e. The number of anilines is 2. The lowest BCUT2D eigenvalue weighted by molar-refractivity contribution is 0.0995. The molecule has 0 spiro atoms. The Morgan fingerprint density at radius 2 is 1.74 bits per heavy atom.